The van der Waals surface area contributed by atoms with Gasteiger partial charge in [0.15, 0.2) is 0 Å². The molecule has 1 aromatic rings. The number of halogens is 1. The second-order valence-corrected chi connectivity index (χ2v) is 10.5. The Bertz CT molecular complexity index is 998. The molecule has 0 bridgehead atoms. The number of rotatable bonds is 12. The summed E-state index contributed by atoms with van der Waals surface area (Å²) in [6.45, 7) is 2.26. The first kappa shape index (κ1) is 28.1. The summed E-state index contributed by atoms with van der Waals surface area (Å²) >= 11 is 6.08. The average Bonchev–Trinajstić information content (AvgIpc) is 2.59. The molecule has 1 aromatic heterocycles. The zero-order valence-corrected chi connectivity index (χ0v) is 18.9. The highest BCUT2D eigenvalue weighted by Gasteiger charge is 2.46. The standard InChI is InChI=1S/C11H19ClN3O13P3/c1-3-11(25-2,8(16)9(12)15-5-4-7(13)14-10(15)17)6-26-30(21,22)28-31(23,24)27-29(18,19)20/h3-5,8-9,16H,1,6H2,2H3,(H,21,22)(H,23,24)(H2,13,14,17)(H2,18,19,20)/t8-,9-,11+/m0/s1. The number of aromatic nitrogens is 2. The van der Waals surface area contributed by atoms with Crippen LogP contribution in [0.3, 0.4) is 0 Å². The average molecular weight is 530 g/mol. The lowest BCUT2D eigenvalue weighted by atomic mass is 9.97. The minimum atomic E-state index is -5.76. The van der Waals surface area contributed by atoms with E-state index in [-0.39, 0.29) is 5.82 Å². The third-order valence-electron chi connectivity index (χ3n) is 3.47. The van der Waals surface area contributed by atoms with Crippen LogP contribution in [0.4, 0.5) is 5.82 Å². The lowest BCUT2D eigenvalue weighted by molar-refractivity contribution is -0.102. The Balaban J connectivity index is 3.08. The van der Waals surface area contributed by atoms with Crippen LogP contribution in [0.15, 0.2) is 29.7 Å². The van der Waals surface area contributed by atoms with E-state index in [2.05, 4.69) is 24.7 Å². The van der Waals surface area contributed by atoms with Gasteiger partial charge in [-0.15, -0.1) is 6.58 Å². The van der Waals surface area contributed by atoms with Crippen LogP contribution in [-0.4, -0.2) is 59.7 Å². The molecule has 1 heterocycles. The number of methoxy groups -OCH3 is 1. The van der Waals surface area contributed by atoms with E-state index < -0.39 is 53.0 Å². The number of anilines is 1. The molecular weight excluding hydrogens is 511 g/mol. The lowest BCUT2D eigenvalue weighted by Crippen LogP contribution is -2.50. The Hall–Kier alpha value is -0.960. The van der Waals surface area contributed by atoms with Crippen LogP contribution in [0.25, 0.3) is 0 Å². The van der Waals surface area contributed by atoms with Crippen LogP contribution in [0.5, 0.6) is 0 Å². The first-order chi connectivity index (χ1) is 14.0. The molecule has 2 unspecified atom stereocenters. The normalized spacial score (nSPS) is 20.1. The summed E-state index contributed by atoms with van der Waals surface area (Å²) in [6.07, 6.45) is 0.0670. The number of aliphatic hydroxyl groups is 1. The molecule has 31 heavy (non-hydrogen) atoms. The van der Waals surface area contributed by atoms with E-state index in [1.54, 1.807) is 0 Å². The summed E-state index contributed by atoms with van der Waals surface area (Å²) in [4.78, 5) is 51.1. The molecule has 5 atom stereocenters. The van der Waals surface area contributed by atoms with Gasteiger partial charge in [-0.1, -0.05) is 17.7 Å². The quantitative estimate of drug-likeness (QED) is 0.117. The number of nitrogens with zero attached hydrogens (tertiary/aromatic N) is 2. The van der Waals surface area contributed by atoms with Crippen LogP contribution < -0.4 is 11.4 Å². The van der Waals surface area contributed by atoms with Crippen molar-refractivity contribution in [3.8, 4) is 0 Å². The maximum absolute atomic E-state index is 11.9. The minimum Gasteiger partial charge on any atom is -0.386 e. The van der Waals surface area contributed by atoms with Crippen LogP contribution >= 0.6 is 35.1 Å². The molecule has 0 spiro atoms. The summed E-state index contributed by atoms with van der Waals surface area (Å²) < 4.78 is 51.3. The molecule has 7 N–H and O–H groups in total. The molecule has 0 saturated heterocycles. The van der Waals surface area contributed by atoms with Crippen molar-refractivity contribution in [2.24, 2.45) is 0 Å². The van der Waals surface area contributed by atoms with Gasteiger partial charge in [0, 0.05) is 13.3 Å². The molecule has 0 aliphatic rings. The largest absolute Gasteiger partial charge is 0.490 e. The number of phosphoric ester groups is 1. The molecule has 1 rings (SSSR count). The first-order valence-electron chi connectivity index (χ1n) is 7.61. The van der Waals surface area contributed by atoms with Gasteiger partial charge in [-0.3, -0.25) is 9.09 Å². The Kier molecular flexibility index (Phi) is 9.34. The summed E-state index contributed by atoms with van der Waals surface area (Å²) in [7, 11) is -15.9. The second-order valence-electron chi connectivity index (χ2n) is 5.59. The molecule has 16 nitrogen and oxygen atoms in total. The number of hydrogen-bond donors (Lipinski definition) is 6. The molecule has 0 aliphatic carbocycles. The lowest BCUT2D eigenvalue weighted by Gasteiger charge is -2.36. The fraction of sp³-hybridized carbons (Fsp3) is 0.455. The van der Waals surface area contributed by atoms with Gasteiger partial charge >= 0.3 is 29.2 Å². The van der Waals surface area contributed by atoms with E-state index in [1.165, 1.54) is 6.07 Å². The molecular formula is C11H19ClN3O13P3. The van der Waals surface area contributed by atoms with Crippen molar-refractivity contribution in [1.29, 1.82) is 0 Å². The van der Waals surface area contributed by atoms with Crippen molar-refractivity contribution in [2.45, 2.75) is 17.2 Å². The van der Waals surface area contributed by atoms with Crippen molar-refractivity contribution in [1.82, 2.24) is 9.55 Å². The molecule has 0 aliphatic heterocycles. The van der Waals surface area contributed by atoms with Crippen LogP contribution in [0.1, 0.15) is 5.50 Å². The van der Waals surface area contributed by atoms with E-state index in [4.69, 9.17) is 36.8 Å². The Labute approximate surface area is 179 Å². The highest BCUT2D eigenvalue weighted by Crippen LogP contribution is 2.66. The van der Waals surface area contributed by atoms with Crippen LogP contribution in [0, 0.1) is 0 Å². The number of alkyl halides is 1. The molecule has 0 fully saturated rings. The van der Waals surface area contributed by atoms with E-state index in [9.17, 15) is 28.5 Å². The Morgan fingerprint density at radius 1 is 1.29 bits per heavy atom. The molecule has 0 amide bonds. The molecule has 20 heteroatoms. The predicted octanol–water partition coefficient (Wildman–Crippen LogP) is -0.162. The number of nitrogen functional groups attached to an aromatic ring is 1. The number of phosphoric acid groups is 3. The van der Waals surface area contributed by atoms with Crippen molar-refractivity contribution >= 4 is 40.9 Å². The Morgan fingerprint density at radius 2 is 1.87 bits per heavy atom. The minimum absolute atomic E-state index is 0.131. The zero-order valence-electron chi connectivity index (χ0n) is 15.5. The summed E-state index contributed by atoms with van der Waals surface area (Å²) in [5.41, 5.74) is 0.682. The van der Waals surface area contributed by atoms with Gasteiger partial charge in [-0.25, -0.2) is 18.5 Å². The first-order valence-corrected chi connectivity index (χ1v) is 12.6. The number of ether oxygens (including phenoxy) is 1. The zero-order chi connectivity index (χ0) is 24.3. The summed E-state index contributed by atoms with van der Waals surface area (Å²) in [5, 5.41) is 10.6. The topological polar surface area (TPSA) is 250 Å². The SMILES string of the molecule is C=C[C@](COP(=O)(O)OP(=O)(O)OP(=O)(O)O)(OC)[C@@H](O)[C@@H](Cl)n1ccc(N)nc1=O. The summed E-state index contributed by atoms with van der Waals surface area (Å²) in [6, 6.07) is 1.19. The van der Waals surface area contributed by atoms with Gasteiger partial charge in [0.05, 0.1) is 6.61 Å². The molecule has 0 aromatic carbocycles. The number of aliphatic hydroxyl groups excluding tert-OH is 1. The third kappa shape index (κ3) is 8.15. The number of nitrogens with two attached hydrogens (primary N) is 1. The maximum atomic E-state index is 11.9. The smallest absolute Gasteiger partial charge is 0.386 e. The van der Waals surface area contributed by atoms with Gasteiger partial charge in [-0.2, -0.15) is 13.6 Å². The van der Waals surface area contributed by atoms with Gasteiger partial charge < -0.3 is 35.2 Å². The van der Waals surface area contributed by atoms with Crippen molar-refractivity contribution in [3.63, 3.8) is 0 Å². The van der Waals surface area contributed by atoms with Crippen molar-refractivity contribution in [3.05, 3.63) is 35.4 Å². The third-order valence-corrected chi connectivity index (χ3v) is 7.70. The second kappa shape index (κ2) is 10.3. The van der Waals surface area contributed by atoms with E-state index in [0.29, 0.717) is 0 Å². The van der Waals surface area contributed by atoms with Crippen LogP contribution in [-0.2, 0) is 31.6 Å². The monoisotopic (exact) mass is 529 g/mol. The van der Waals surface area contributed by atoms with Gasteiger partial charge in [-0.05, 0) is 6.07 Å². The molecule has 178 valence electrons. The van der Waals surface area contributed by atoms with Gasteiger partial charge in [0.1, 0.15) is 23.0 Å². The fourth-order valence-corrected chi connectivity index (χ4v) is 5.43. The highest BCUT2D eigenvalue weighted by atomic mass is 35.5. The van der Waals surface area contributed by atoms with Crippen molar-refractivity contribution < 1.29 is 56.3 Å². The van der Waals surface area contributed by atoms with Crippen LogP contribution in [0.2, 0.25) is 0 Å². The highest BCUT2D eigenvalue weighted by molar-refractivity contribution is 7.66. The predicted molar refractivity (Wildman–Crippen MR) is 104 cm³/mol. The van der Waals surface area contributed by atoms with Gasteiger partial charge in [0.2, 0.25) is 0 Å². The van der Waals surface area contributed by atoms with E-state index in [0.717, 1.165) is 23.9 Å². The number of hydrogen-bond acceptors (Lipinski definition) is 11. The Morgan fingerprint density at radius 3 is 2.32 bits per heavy atom. The fourth-order valence-electron chi connectivity index (χ4n) is 2.01. The van der Waals surface area contributed by atoms with Crippen molar-refractivity contribution in [2.75, 3.05) is 19.5 Å². The van der Waals surface area contributed by atoms with E-state index >= 15 is 0 Å². The molecule has 0 radical (unpaired) electrons. The summed E-state index contributed by atoms with van der Waals surface area (Å²) in [5.74, 6) is -0.131. The maximum Gasteiger partial charge on any atom is 0.490 e. The van der Waals surface area contributed by atoms with E-state index in [1.807, 2.05) is 0 Å². The van der Waals surface area contributed by atoms with Gasteiger partial charge in [0.25, 0.3) is 0 Å². The molecule has 0 saturated carbocycles.